The van der Waals surface area contributed by atoms with Crippen LogP contribution in [0.4, 0.5) is 8.78 Å². The first-order valence-corrected chi connectivity index (χ1v) is 10.9. The van der Waals surface area contributed by atoms with Gasteiger partial charge in [0.2, 0.25) is 5.91 Å². The van der Waals surface area contributed by atoms with Crippen LogP contribution < -0.4 is 0 Å². The number of rotatable bonds is 5. The number of fused-ring (bicyclic) bond motifs is 3. The predicted molar refractivity (Wildman–Crippen MR) is 120 cm³/mol. The van der Waals surface area contributed by atoms with Crippen molar-refractivity contribution in [3.63, 3.8) is 0 Å². The number of nitrogens with zero attached hydrogens (tertiary/aromatic N) is 2. The molecule has 1 fully saturated rings. The fourth-order valence-electron chi connectivity index (χ4n) is 4.88. The van der Waals surface area contributed by atoms with E-state index in [4.69, 9.17) is 0 Å². The number of hydrogen-bond acceptors (Lipinski definition) is 2. The molecule has 1 N–H and O–H groups in total. The molecule has 3 aromatic carbocycles. The summed E-state index contributed by atoms with van der Waals surface area (Å²) in [6.07, 6.45) is 0.869. The number of hydrogen-bond donors (Lipinski definition) is 1. The van der Waals surface area contributed by atoms with Gasteiger partial charge in [-0.15, -0.1) is 0 Å². The SMILES string of the molecule is O=C1C(c2ccccc2)CCCN1CC(O)Cn1c2ccc(F)cc2c2cc(F)ccc21. The summed E-state index contributed by atoms with van der Waals surface area (Å²) < 4.78 is 29.6. The summed E-state index contributed by atoms with van der Waals surface area (Å²) in [5.74, 6) is -0.941. The maximum Gasteiger partial charge on any atom is 0.230 e. The van der Waals surface area contributed by atoms with E-state index in [0.717, 1.165) is 29.4 Å². The van der Waals surface area contributed by atoms with Gasteiger partial charge in [-0.25, -0.2) is 8.78 Å². The standard InChI is InChI=1S/C26H24F2N2O2/c27-18-8-10-24-22(13-18)23-14-19(28)9-11-25(23)30(24)16-20(31)15-29-12-4-7-21(26(29)32)17-5-2-1-3-6-17/h1-3,5-6,8-11,13-14,20-21,31H,4,7,12,15-16H2. The van der Waals surface area contributed by atoms with Crippen molar-refractivity contribution < 1.29 is 18.7 Å². The van der Waals surface area contributed by atoms with Crippen LogP contribution in [0.15, 0.2) is 66.7 Å². The lowest BCUT2D eigenvalue weighted by atomic mass is 9.89. The summed E-state index contributed by atoms with van der Waals surface area (Å²) in [6, 6.07) is 18.5. The van der Waals surface area contributed by atoms with Gasteiger partial charge in [0, 0.05) is 34.9 Å². The number of aromatic nitrogens is 1. The Balaban J connectivity index is 1.40. The summed E-state index contributed by atoms with van der Waals surface area (Å²) >= 11 is 0. The molecule has 32 heavy (non-hydrogen) atoms. The highest BCUT2D eigenvalue weighted by atomic mass is 19.1. The van der Waals surface area contributed by atoms with Gasteiger partial charge in [-0.2, -0.15) is 0 Å². The summed E-state index contributed by atoms with van der Waals surface area (Å²) in [6.45, 7) is 1.05. The Morgan fingerprint density at radius 3 is 2.16 bits per heavy atom. The van der Waals surface area contributed by atoms with Crippen molar-refractivity contribution in [1.82, 2.24) is 9.47 Å². The van der Waals surface area contributed by atoms with Crippen LogP contribution in [0.25, 0.3) is 21.8 Å². The molecule has 4 aromatic rings. The molecular formula is C26H24F2N2O2. The second-order valence-electron chi connectivity index (χ2n) is 8.48. The van der Waals surface area contributed by atoms with Crippen LogP contribution in [-0.4, -0.2) is 39.7 Å². The highest BCUT2D eigenvalue weighted by molar-refractivity contribution is 6.08. The molecule has 1 saturated heterocycles. The fourth-order valence-corrected chi connectivity index (χ4v) is 4.88. The molecule has 0 spiro atoms. The molecule has 0 radical (unpaired) electrons. The van der Waals surface area contributed by atoms with Crippen LogP contribution in [0.5, 0.6) is 0 Å². The van der Waals surface area contributed by atoms with E-state index < -0.39 is 17.7 Å². The van der Waals surface area contributed by atoms with Crippen LogP contribution in [-0.2, 0) is 11.3 Å². The van der Waals surface area contributed by atoms with Crippen LogP contribution >= 0.6 is 0 Å². The van der Waals surface area contributed by atoms with Gasteiger partial charge in [-0.1, -0.05) is 30.3 Å². The molecule has 2 unspecified atom stereocenters. The number of aliphatic hydroxyl groups excluding tert-OH is 1. The van der Waals surface area contributed by atoms with E-state index in [1.807, 2.05) is 34.9 Å². The quantitative estimate of drug-likeness (QED) is 0.489. The average molecular weight is 434 g/mol. The molecule has 0 bridgehead atoms. The van der Waals surface area contributed by atoms with Gasteiger partial charge < -0.3 is 14.6 Å². The Morgan fingerprint density at radius 2 is 1.53 bits per heavy atom. The molecule has 2 atom stereocenters. The van der Waals surface area contributed by atoms with E-state index in [1.165, 1.54) is 24.3 Å². The summed E-state index contributed by atoms with van der Waals surface area (Å²) in [4.78, 5) is 14.8. The predicted octanol–water partition coefficient (Wildman–Crippen LogP) is 4.84. The highest BCUT2D eigenvalue weighted by Crippen LogP contribution is 2.31. The molecule has 6 heteroatoms. The van der Waals surface area contributed by atoms with Crippen LogP contribution in [0, 0.1) is 11.6 Å². The van der Waals surface area contributed by atoms with Crippen molar-refractivity contribution in [2.45, 2.75) is 31.4 Å². The Morgan fingerprint density at radius 1 is 0.906 bits per heavy atom. The third-order valence-corrected chi connectivity index (χ3v) is 6.35. The Hall–Kier alpha value is -3.25. The third-order valence-electron chi connectivity index (χ3n) is 6.35. The molecule has 0 saturated carbocycles. The second kappa shape index (κ2) is 8.36. The number of likely N-dealkylation sites (tertiary alicyclic amines) is 1. The van der Waals surface area contributed by atoms with Crippen LogP contribution in [0.2, 0.25) is 0 Å². The molecule has 0 aliphatic carbocycles. The summed E-state index contributed by atoms with van der Waals surface area (Å²) in [5.41, 5.74) is 2.44. The number of halogens is 2. The number of β-amino-alcohol motifs (C(OH)–C–C–N with tert-alkyl or cyclic N) is 1. The van der Waals surface area contributed by atoms with Crippen molar-refractivity contribution in [2.75, 3.05) is 13.1 Å². The topological polar surface area (TPSA) is 45.5 Å². The Labute approximate surface area is 184 Å². The van der Waals surface area contributed by atoms with Gasteiger partial charge in [-0.05, 0) is 54.8 Å². The number of amides is 1. The van der Waals surface area contributed by atoms with Crippen molar-refractivity contribution in [3.8, 4) is 0 Å². The lowest BCUT2D eigenvalue weighted by molar-refractivity contribution is -0.136. The highest BCUT2D eigenvalue weighted by Gasteiger charge is 2.31. The second-order valence-corrected chi connectivity index (χ2v) is 8.48. The maximum absolute atomic E-state index is 13.9. The first-order valence-electron chi connectivity index (χ1n) is 10.9. The third kappa shape index (κ3) is 3.75. The van der Waals surface area contributed by atoms with Gasteiger partial charge in [0.25, 0.3) is 0 Å². The molecule has 4 nitrogen and oxygen atoms in total. The minimum Gasteiger partial charge on any atom is -0.389 e. The minimum atomic E-state index is -0.817. The lowest BCUT2D eigenvalue weighted by Gasteiger charge is -2.34. The molecule has 2 heterocycles. The molecule has 1 aromatic heterocycles. The largest absolute Gasteiger partial charge is 0.389 e. The summed E-state index contributed by atoms with van der Waals surface area (Å²) in [5, 5.41) is 12.1. The number of carbonyl (C=O) groups is 1. The smallest absolute Gasteiger partial charge is 0.230 e. The first kappa shape index (κ1) is 20.6. The molecule has 5 rings (SSSR count). The van der Waals surface area contributed by atoms with Crippen molar-refractivity contribution in [1.29, 1.82) is 0 Å². The number of aliphatic hydroxyl groups is 1. The van der Waals surface area contributed by atoms with Crippen LogP contribution in [0.3, 0.4) is 0 Å². The average Bonchev–Trinajstić information content (AvgIpc) is 3.07. The van der Waals surface area contributed by atoms with E-state index in [-0.39, 0.29) is 24.9 Å². The number of benzene rings is 3. The number of carbonyl (C=O) groups excluding carboxylic acids is 1. The molecule has 1 amide bonds. The van der Waals surface area contributed by atoms with E-state index in [1.54, 1.807) is 17.0 Å². The van der Waals surface area contributed by atoms with Gasteiger partial charge in [0.15, 0.2) is 0 Å². The van der Waals surface area contributed by atoms with Gasteiger partial charge in [0.05, 0.1) is 18.6 Å². The van der Waals surface area contributed by atoms with E-state index in [0.29, 0.717) is 17.3 Å². The van der Waals surface area contributed by atoms with Gasteiger partial charge in [0.1, 0.15) is 11.6 Å². The van der Waals surface area contributed by atoms with E-state index >= 15 is 0 Å². The fraction of sp³-hybridized carbons (Fsp3) is 0.269. The monoisotopic (exact) mass is 434 g/mol. The normalized spacial score (nSPS) is 17.9. The zero-order valence-corrected chi connectivity index (χ0v) is 17.5. The maximum atomic E-state index is 13.9. The number of piperidine rings is 1. The lowest BCUT2D eigenvalue weighted by Crippen LogP contribution is -2.44. The zero-order valence-electron chi connectivity index (χ0n) is 17.5. The Bertz CT molecular complexity index is 1230. The Kier molecular flexibility index (Phi) is 5.39. The molecule has 1 aliphatic rings. The summed E-state index contributed by atoms with van der Waals surface area (Å²) in [7, 11) is 0. The van der Waals surface area contributed by atoms with Crippen molar-refractivity contribution >= 4 is 27.7 Å². The molecular weight excluding hydrogens is 410 g/mol. The van der Waals surface area contributed by atoms with Gasteiger partial charge in [-0.3, -0.25) is 4.79 Å². The van der Waals surface area contributed by atoms with Crippen molar-refractivity contribution in [2.24, 2.45) is 0 Å². The first-order chi connectivity index (χ1) is 15.5. The minimum absolute atomic E-state index is 0.0351. The van der Waals surface area contributed by atoms with E-state index in [2.05, 4.69) is 0 Å². The molecule has 1 aliphatic heterocycles. The zero-order chi connectivity index (χ0) is 22.2. The van der Waals surface area contributed by atoms with Crippen LogP contribution in [0.1, 0.15) is 24.3 Å². The molecule has 164 valence electrons. The van der Waals surface area contributed by atoms with E-state index in [9.17, 15) is 18.7 Å². The van der Waals surface area contributed by atoms with Gasteiger partial charge >= 0.3 is 0 Å². The van der Waals surface area contributed by atoms with Crippen molar-refractivity contribution in [3.05, 3.63) is 83.9 Å².